The van der Waals surface area contributed by atoms with Gasteiger partial charge in [0.2, 0.25) is 0 Å². The number of piperidine rings is 1. The van der Waals surface area contributed by atoms with Crippen molar-refractivity contribution in [1.29, 1.82) is 0 Å². The van der Waals surface area contributed by atoms with E-state index < -0.39 is 5.97 Å². The summed E-state index contributed by atoms with van der Waals surface area (Å²) in [5.41, 5.74) is 0.675. The van der Waals surface area contributed by atoms with Crippen molar-refractivity contribution < 1.29 is 19.1 Å². The molecule has 21 heavy (non-hydrogen) atoms. The molecular weight excluding hydrogens is 273 g/mol. The fourth-order valence-corrected chi connectivity index (χ4v) is 3.41. The van der Waals surface area contributed by atoms with E-state index in [2.05, 4.69) is 0 Å². The van der Waals surface area contributed by atoms with Crippen molar-refractivity contribution in [2.45, 2.75) is 26.2 Å². The molecular formula is C16H18FNO3. The maximum atomic E-state index is 13.5. The topological polar surface area (TPSA) is 57.6 Å². The minimum absolute atomic E-state index is 0.0976. The summed E-state index contributed by atoms with van der Waals surface area (Å²) < 4.78 is 13.5. The molecule has 1 saturated carbocycles. The summed E-state index contributed by atoms with van der Waals surface area (Å²) in [5.74, 6) is -1.50. The number of carboxylic acids is 1. The largest absolute Gasteiger partial charge is 0.481 e. The Morgan fingerprint density at radius 1 is 1.33 bits per heavy atom. The van der Waals surface area contributed by atoms with Crippen molar-refractivity contribution in [2.24, 2.45) is 11.3 Å². The van der Waals surface area contributed by atoms with Crippen molar-refractivity contribution in [3.63, 3.8) is 0 Å². The minimum atomic E-state index is -0.726. The van der Waals surface area contributed by atoms with E-state index in [0.29, 0.717) is 24.2 Å². The van der Waals surface area contributed by atoms with Gasteiger partial charge in [-0.25, -0.2) is 4.39 Å². The Hall–Kier alpha value is -1.91. The van der Waals surface area contributed by atoms with Crippen LogP contribution in [0.2, 0.25) is 0 Å². The number of hydrogen-bond donors (Lipinski definition) is 1. The second-order valence-corrected chi connectivity index (χ2v) is 6.16. The lowest BCUT2D eigenvalue weighted by molar-refractivity contribution is -0.139. The first-order valence-corrected chi connectivity index (χ1v) is 7.22. The first-order valence-electron chi connectivity index (χ1n) is 7.22. The van der Waals surface area contributed by atoms with Crippen molar-refractivity contribution in [1.82, 2.24) is 4.90 Å². The molecule has 3 rings (SSSR count). The van der Waals surface area contributed by atoms with Crippen LogP contribution in [0.15, 0.2) is 18.2 Å². The number of hydrogen-bond acceptors (Lipinski definition) is 2. The van der Waals surface area contributed by atoms with E-state index in [-0.39, 0.29) is 23.1 Å². The second kappa shape index (κ2) is 4.83. The zero-order valence-corrected chi connectivity index (χ0v) is 11.9. The predicted octanol–water partition coefficient (Wildman–Crippen LogP) is 2.46. The number of amides is 1. The molecule has 5 heteroatoms. The zero-order valence-electron chi connectivity index (χ0n) is 11.9. The van der Waals surface area contributed by atoms with Gasteiger partial charge in [0.1, 0.15) is 5.82 Å². The third-order valence-corrected chi connectivity index (χ3v) is 5.03. The SMILES string of the molecule is Cc1c(F)cccc1C(=O)N1CCC2(CC1)CC2C(=O)O. The summed E-state index contributed by atoms with van der Waals surface area (Å²) >= 11 is 0. The number of carbonyl (C=O) groups excluding carboxylic acids is 1. The Morgan fingerprint density at radius 3 is 2.57 bits per heavy atom. The lowest BCUT2D eigenvalue weighted by Gasteiger charge is -2.33. The molecule has 1 aromatic carbocycles. The fraction of sp³-hybridized carbons (Fsp3) is 0.500. The van der Waals surface area contributed by atoms with E-state index in [9.17, 15) is 14.0 Å². The molecule has 1 amide bonds. The van der Waals surface area contributed by atoms with Gasteiger partial charge in [-0.05, 0) is 49.3 Å². The van der Waals surface area contributed by atoms with Crippen LogP contribution in [0.1, 0.15) is 35.2 Å². The molecule has 112 valence electrons. The second-order valence-electron chi connectivity index (χ2n) is 6.16. The van der Waals surface area contributed by atoms with Crippen molar-refractivity contribution in [2.75, 3.05) is 13.1 Å². The Morgan fingerprint density at radius 2 is 2.00 bits per heavy atom. The smallest absolute Gasteiger partial charge is 0.307 e. The van der Waals surface area contributed by atoms with Gasteiger partial charge in [0.25, 0.3) is 5.91 Å². The van der Waals surface area contributed by atoms with Gasteiger partial charge >= 0.3 is 5.97 Å². The molecule has 1 aromatic rings. The molecule has 0 radical (unpaired) electrons. The quantitative estimate of drug-likeness (QED) is 0.910. The van der Waals surface area contributed by atoms with Crippen molar-refractivity contribution >= 4 is 11.9 Å². The Bertz CT molecular complexity index is 606. The van der Waals surface area contributed by atoms with E-state index in [1.54, 1.807) is 24.0 Å². The van der Waals surface area contributed by atoms with Crippen LogP contribution in [-0.2, 0) is 4.79 Å². The number of nitrogens with zero attached hydrogens (tertiary/aromatic N) is 1. The average molecular weight is 291 g/mol. The molecule has 1 atom stereocenters. The van der Waals surface area contributed by atoms with Gasteiger partial charge in [0.05, 0.1) is 5.92 Å². The standard InChI is InChI=1S/C16H18FNO3/c1-10-11(3-2-4-13(10)17)14(19)18-7-5-16(6-8-18)9-12(16)15(20)21/h2-4,12H,5-9H2,1H3,(H,20,21). The van der Waals surface area contributed by atoms with Gasteiger partial charge in [-0.3, -0.25) is 9.59 Å². The molecule has 2 fully saturated rings. The summed E-state index contributed by atoms with van der Waals surface area (Å²) in [7, 11) is 0. The maximum Gasteiger partial charge on any atom is 0.307 e. The molecule has 1 spiro atoms. The van der Waals surface area contributed by atoms with Gasteiger partial charge in [-0.2, -0.15) is 0 Å². The number of benzene rings is 1. The molecule has 1 unspecified atom stereocenters. The first-order chi connectivity index (χ1) is 9.94. The van der Waals surface area contributed by atoms with E-state index >= 15 is 0 Å². The maximum absolute atomic E-state index is 13.5. The van der Waals surface area contributed by atoms with Crippen molar-refractivity contribution in [3.05, 3.63) is 35.1 Å². The van der Waals surface area contributed by atoms with Crippen LogP contribution in [0.3, 0.4) is 0 Å². The van der Waals surface area contributed by atoms with E-state index in [1.165, 1.54) is 6.07 Å². The highest BCUT2D eigenvalue weighted by molar-refractivity contribution is 5.95. The number of aliphatic carboxylic acids is 1. The lowest BCUT2D eigenvalue weighted by Crippen LogP contribution is -2.40. The number of carbonyl (C=O) groups is 2. The molecule has 1 aliphatic heterocycles. The van der Waals surface area contributed by atoms with Gasteiger partial charge in [0.15, 0.2) is 0 Å². The first kappa shape index (κ1) is 14.0. The highest BCUT2D eigenvalue weighted by Crippen LogP contribution is 2.59. The number of halogens is 1. The fourth-order valence-electron chi connectivity index (χ4n) is 3.41. The van der Waals surface area contributed by atoms with Crippen molar-refractivity contribution in [3.8, 4) is 0 Å². The normalized spacial score (nSPS) is 23.1. The van der Waals surface area contributed by atoms with Gasteiger partial charge in [-0.1, -0.05) is 6.07 Å². The van der Waals surface area contributed by atoms with E-state index in [4.69, 9.17) is 5.11 Å². The molecule has 2 aliphatic rings. The van der Waals surface area contributed by atoms with Gasteiger partial charge in [0, 0.05) is 18.7 Å². The lowest BCUT2D eigenvalue weighted by atomic mass is 9.90. The molecule has 0 bridgehead atoms. The molecule has 1 saturated heterocycles. The summed E-state index contributed by atoms with van der Waals surface area (Å²) in [4.78, 5) is 25.2. The van der Waals surface area contributed by atoms with Crippen LogP contribution in [0, 0.1) is 24.1 Å². The summed E-state index contributed by atoms with van der Waals surface area (Å²) in [6.45, 7) is 2.71. The van der Waals surface area contributed by atoms with Crippen LogP contribution in [0.25, 0.3) is 0 Å². The molecule has 1 N–H and O–H groups in total. The minimum Gasteiger partial charge on any atom is -0.481 e. The molecule has 1 aliphatic carbocycles. The van der Waals surface area contributed by atoms with Gasteiger partial charge in [-0.15, -0.1) is 0 Å². The summed E-state index contributed by atoms with van der Waals surface area (Å²) in [6, 6.07) is 4.53. The third kappa shape index (κ3) is 2.30. The highest BCUT2D eigenvalue weighted by Gasteiger charge is 2.59. The monoisotopic (exact) mass is 291 g/mol. The number of likely N-dealkylation sites (tertiary alicyclic amines) is 1. The Kier molecular flexibility index (Phi) is 3.23. The molecule has 0 aromatic heterocycles. The van der Waals surface area contributed by atoms with E-state index in [1.807, 2.05) is 0 Å². The van der Waals surface area contributed by atoms with Crippen LogP contribution >= 0.6 is 0 Å². The number of rotatable bonds is 2. The highest BCUT2D eigenvalue weighted by atomic mass is 19.1. The average Bonchev–Trinajstić information content (AvgIpc) is 3.16. The van der Waals surface area contributed by atoms with Gasteiger partial charge < -0.3 is 10.0 Å². The predicted molar refractivity (Wildman–Crippen MR) is 74.5 cm³/mol. The van der Waals surface area contributed by atoms with Crippen LogP contribution in [0.5, 0.6) is 0 Å². The number of carboxylic acid groups (broad SMARTS) is 1. The van der Waals surface area contributed by atoms with Crippen LogP contribution in [0.4, 0.5) is 4.39 Å². The van der Waals surface area contributed by atoms with E-state index in [0.717, 1.165) is 19.3 Å². The summed E-state index contributed by atoms with van der Waals surface area (Å²) in [6.07, 6.45) is 2.18. The molecule has 1 heterocycles. The van der Waals surface area contributed by atoms with Crippen LogP contribution < -0.4 is 0 Å². The van der Waals surface area contributed by atoms with Crippen LogP contribution in [-0.4, -0.2) is 35.0 Å². The third-order valence-electron chi connectivity index (χ3n) is 5.03. The Labute approximate surface area is 122 Å². The molecule has 4 nitrogen and oxygen atoms in total. The Balaban J connectivity index is 1.69. The summed E-state index contributed by atoms with van der Waals surface area (Å²) in [5, 5.41) is 9.07. The zero-order chi connectivity index (χ0) is 15.2.